The van der Waals surface area contributed by atoms with Crippen molar-refractivity contribution in [1.82, 2.24) is 0 Å². The molecule has 92 valence electrons. The second kappa shape index (κ2) is 6.69. The summed E-state index contributed by atoms with van der Waals surface area (Å²) in [6.07, 6.45) is 7.59. The maximum Gasteiger partial charge on any atom is 0.306 e. The Morgan fingerprint density at radius 3 is 2.94 bits per heavy atom. The van der Waals surface area contributed by atoms with Crippen molar-refractivity contribution in [3.05, 3.63) is 12.2 Å². The Morgan fingerprint density at radius 2 is 2.38 bits per heavy atom. The molecule has 0 aromatic carbocycles. The lowest BCUT2D eigenvalue weighted by atomic mass is 10.0. The molecule has 0 aromatic heterocycles. The van der Waals surface area contributed by atoms with Crippen LogP contribution in [0.3, 0.4) is 0 Å². The van der Waals surface area contributed by atoms with Gasteiger partial charge in [0.2, 0.25) is 0 Å². The molecule has 1 aliphatic heterocycles. The first-order chi connectivity index (χ1) is 7.63. The van der Waals surface area contributed by atoms with E-state index >= 15 is 0 Å². The van der Waals surface area contributed by atoms with Crippen molar-refractivity contribution in [2.45, 2.75) is 58.2 Å². The van der Waals surface area contributed by atoms with Crippen LogP contribution in [-0.2, 0) is 9.53 Å². The highest BCUT2D eigenvalue weighted by atomic mass is 16.5. The molecule has 0 aliphatic carbocycles. The van der Waals surface area contributed by atoms with Crippen LogP contribution in [0.2, 0.25) is 0 Å². The molecule has 0 amide bonds. The van der Waals surface area contributed by atoms with Gasteiger partial charge in [-0.25, -0.2) is 0 Å². The first kappa shape index (κ1) is 13.2. The van der Waals surface area contributed by atoms with Gasteiger partial charge in [-0.15, -0.1) is 0 Å². The first-order valence-electron chi connectivity index (χ1n) is 6.17. The van der Waals surface area contributed by atoms with Gasteiger partial charge < -0.3 is 9.84 Å². The highest BCUT2D eigenvalue weighted by Gasteiger charge is 2.29. The molecular weight excluding hydrogens is 204 g/mol. The summed E-state index contributed by atoms with van der Waals surface area (Å²) in [5.41, 5.74) is 0. The molecule has 1 rings (SSSR count). The fourth-order valence-corrected chi connectivity index (χ4v) is 1.89. The van der Waals surface area contributed by atoms with Crippen molar-refractivity contribution in [2.24, 2.45) is 5.92 Å². The van der Waals surface area contributed by atoms with Crippen molar-refractivity contribution in [3.8, 4) is 0 Å². The average Bonchev–Trinajstić information content (AvgIpc) is 2.55. The number of unbranched alkanes of at least 4 members (excludes halogenated alkanes) is 1. The Labute approximate surface area is 97.5 Å². The third-order valence-electron chi connectivity index (χ3n) is 2.99. The standard InChI is InChI=1S/C13H22O3/c1-3-4-6-11(14)7-5-8-12-10(2)9-13(15)16-12/h5,7,10-12,14H,3-4,6,8-9H2,1-2H3/b7-5+/t10-,11?,12+/m1/s1. The van der Waals surface area contributed by atoms with E-state index in [4.69, 9.17) is 4.74 Å². The normalized spacial score (nSPS) is 27.3. The van der Waals surface area contributed by atoms with E-state index in [9.17, 15) is 9.90 Å². The third-order valence-corrected chi connectivity index (χ3v) is 2.99. The predicted molar refractivity (Wildman–Crippen MR) is 62.9 cm³/mol. The summed E-state index contributed by atoms with van der Waals surface area (Å²) < 4.78 is 5.16. The van der Waals surface area contributed by atoms with Crippen molar-refractivity contribution in [1.29, 1.82) is 0 Å². The Hall–Kier alpha value is -0.830. The van der Waals surface area contributed by atoms with Crippen LogP contribution in [-0.4, -0.2) is 23.3 Å². The van der Waals surface area contributed by atoms with Gasteiger partial charge in [-0.05, 0) is 6.42 Å². The number of carbonyl (C=O) groups excluding carboxylic acids is 1. The van der Waals surface area contributed by atoms with Crippen molar-refractivity contribution in [2.75, 3.05) is 0 Å². The number of aliphatic hydroxyl groups is 1. The number of aliphatic hydroxyl groups excluding tert-OH is 1. The quantitative estimate of drug-likeness (QED) is 0.559. The molecule has 1 N–H and O–H groups in total. The minimum Gasteiger partial charge on any atom is -0.462 e. The van der Waals surface area contributed by atoms with E-state index in [1.165, 1.54) is 0 Å². The number of esters is 1. The molecule has 1 aliphatic rings. The molecule has 0 spiro atoms. The SMILES string of the molecule is CCCCC(O)/C=C/C[C@@H]1OC(=O)C[C@H]1C. The lowest BCUT2D eigenvalue weighted by Gasteiger charge is -2.11. The molecule has 0 radical (unpaired) electrons. The van der Waals surface area contributed by atoms with Crippen molar-refractivity contribution < 1.29 is 14.6 Å². The molecular formula is C13H22O3. The minimum absolute atomic E-state index is 0.00197. The maximum atomic E-state index is 11.0. The zero-order valence-corrected chi connectivity index (χ0v) is 10.2. The summed E-state index contributed by atoms with van der Waals surface area (Å²) in [6, 6.07) is 0. The summed E-state index contributed by atoms with van der Waals surface area (Å²) in [5, 5.41) is 9.58. The van der Waals surface area contributed by atoms with Gasteiger partial charge in [-0.3, -0.25) is 4.79 Å². The minimum atomic E-state index is -0.354. The number of ether oxygens (including phenoxy) is 1. The van der Waals surface area contributed by atoms with Gasteiger partial charge in [0.15, 0.2) is 0 Å². The van der Waals surface area contributed by atoms with Crippen LogP contribution in [0.1, 0.15) is 46.0 Å². The topological polar surface area (TPSA) is 46.5 Å². The number of hydrogen-bond donors (Lipinski definition) is 1. The molecule has 1 fully saturated rings. The van der Waals surface area contributed by atoms with Crippen molar-refractivity contribution >= 4 is 5.97 Å². The van der Waals surface area contributed by atoms with Crippen LogP contribution < -0.4 is 0 Å². The number of hydrogen-bond acceptors (Lipinski definition) is 3. The number of carbonyl (C=O) groups is 1. The van der Waals surface area contributed by atoms with E-state index in [0.29, 0.717) is 12.3 Å². The first-order valence-corrected chi connectivity index (χ1v) is 6.17. The van der Waals surface area contributed by atoms with E-state index in [-0.39, 0.29) is 18.2 Å². The monoisotopic (exact) mass is 226 g/mol. The molecule has 0 aromatic rings. The number of rotatable bonds is 6. The van der Waals surface area contributed by atoms with Gasteiger partial charge in [0.05, 0.1) is 12.5 Å². The second-order valence-electron chi connectivity index (χ2n) is 4.58. The predicted octanol–water partition coefficient (Wildman–Crippen LogP) is 2.44. The summed E-state index contributed by atoms with van der Waals surface area (Å²) in [5.74, 6) is 0.197. The van der Waals surface area contributed by atoms with E-state index in [2.05, 4.69) is 6.92 Å². The van der Waals surface area contributed by atoms with Crippen LogP contribution >= 0.6 is 0 Å². The van der Waals surface area contributed by atoms with Crippen LogP contribution in [0.5, 0.6) is 0 Å². The smallest absolute Gasteiger partial charge is 0.306 e. The largest absolute Gasteiger partial charge is 0.462 e. The van der Waals surface area contributed by atoms with Crippen molar-refractivity contribution in [3.63, 3.8) is 0 Å². The Bertz CT molecular complexity index is 248. The summed E-state index contributed by atoms with van der Waals surface area (Å²) >= 11 is 0. The summed E-state index contributed by atoms with van der Waals surface area (Å²) in [7, 11) is 0. The van der Waals surface area contributed by atoms with E-state index in [1.54, 1.807) is 0 Å². The van der Waals surface area contributed by atoms with E-state index in [1.807, 2.05) is 19.1 Å². The molecule has 0 saturated carbocycles. The van der Waals surface area contributed by atoms with Gasteiger partial charge in [-0.1, -0.05) is 38.8 Å². The van der Waals surface area contributed by atoms with Gasteiger partial charge in [0.1, 0.15) is 6.10 Å². The van der Waals surface area contributed by atoms with Crippen LogP contribution in [0, 0.1) is 5.92 Å². The number of cyclic esters (lactones) is 1. The highest BCUT2D eigenvalue weighted by Crippen LogP contribution is 2.24. The van der Waals surface area contributed by atoms with Gasteiger partial charge in [0, 0.05) is 12.3 Å². The molecule has 1 unspecified atom stereocenters. The Balaban J connectivity index is 2.23. The fraction of sp³-hybridized carbons (Fsp3) is 0.769. The maximum absolute atomic E-state index is 11.0. The van der Waals surface area contributed by atoms with Crippen LogP contribution in [0.15, 0.2) is 12.2 Å². The Kier molecular flexibility index (Phi) is 5.53. The lowest BCUT2D eigenvalue weighted by Crippen LogP contribution is -2.12. The molecule has 16 heavy (non-hydrogen) atoms. The second-order valence-corrected chi connectivity index (χ2v) is 4.58. The molecule has 3 heteroatoms. The molecule has 3 atom stereocenters. The zero-order valence-electron chi connectivity index (χ0n) is 10.2. The average molecular weight is 226 g/mol. The van der Waals surface area contributed by atoms with Gasteiger partial charge >= 0.3 is 5.97 Å². The Morgan fingerprint density at radius 1 is 1.62 bits per heavy atom. The van der Waals surface area contributed by atoms with E-state index < -0.39 is 0 Å². The summed E-state index contributed by atoms with van der Waals surface area (Å²) in [4.78, 5) is 11.0. The van der Waals surface area contributed by atoms with Crippen LogP contribution in [0.4, 0.5) is 0 Å². The highest BCUT2D eigenvalue weighted by molar-refractivity contribution is 5.72. The molecule has 1 heterocycles. The van der Waals surface area contributed by atoms with E-state index in [0.717, 1.165) is 25.7 Å². The molecule has 1 saturated heterocycles. The fourth-order valence-electron chi connectivity index (χ4n) is 1.89. The lowest BCUT2D eigenvalue weighted by molar-refractivity contribution is -0.141. The van der Waals surface area contributed by atoms with Gasteiger partial charge in [-0.2, -0.15) is 0 Å². The van der Waals surface area contributed by atoms with Crippen LogP contribution in [0.25, 0.3) is 0 Å². The third kappa shape index (κ3) is 4.35. The summed E-state index contributed by atoms with van der Waals surface area (Å²) in [6.45, 7) is 4.13. The molecule has 0 bridgehead atoms. The zero-order chi connectivity index (χ0) is 12.0. The van der Waals surface area contributed by atoms with Gasteiger partial charge in [0.25, 0.3) is 0 Å². The molecule has 3 nitrogen and oxygen atoms in total.